The largest absolute Gasteiger partial charge is 0.522 e. The van der Waals surface area contributed by atoms with Gasteiger partial charge in [-0.25, -0.2) is 0 Å². The molecule has 96 valence electrons. The highest BCUT2D eigenvalue weighted by Crippen LogP contribution is 2.16. The molecular weight excluding hydrogens is 233 g/mol. The lowest BCUT2D eigenvalue weighted by Gasteiger charge is -2.18. The molecule has 0 atom stereocenters. The molecule has 0 aliphatic heterocycles. The first-order valence-electron chi connectivity index (χ1n) is 5.11. The second-order valence-electron chi connectivity index (χ2n) is 3.73. The van der Waals surface area contributed by atoms with Crippen molar-refractivity contribution in [3.63, 3.8) is 0 Å². The summed E-state index contributed by atoms with van der Waals surface area (Å²) in [4.78, 5) is 1.72. The van der Waals surface area contributed by atoms with Gasteiger partial charge in [-0.3, -0.25) is 9.64 Å². The molecule has 0 unspecified atom stereocenters. The zero-order valence-electron chi connectivity index (χ0n) is 9.50. The van der Waals surface area contributed by atoms with Gasteiger partial charge >= 0.3 is 6.36 Å². The summed E-state index contributed by atoms with van der Waals surface area (Å²) in [5, 5.41) is 0. The van der Waals surface area contributed by atoms with Crippen molar-refractivity contribution in [2.75, 3.05) is 25.9 Å². The van der Waals surface area contributed by atoms with Gasteiger partial charge in [0.25, 0.3) is 0 Å². The predicted octanol–water partition coefficient (Wildman–Crippen LogP) is 2.24. The molecule has 17 heavy (non-hydrogen) atoms. The number of likely N-dealkylation sites (N-methyl/N-ethyl adjacent to an activating group) is 1. The molecule has 0 saturated heterocycles. The molecule has 6 heteroatoms. The average Bonchev–Trinajstić information content (AvgIpc) is 2.19. The van der Waals surface area contributed by atoms with E-state index in [1.165, 1.54) is 0 Å². The molecule has 1 aromatic carbocycles. The smallest absolute Gasteiger partial charge is 0.398 e. The summed E-state index contributed by atoms with van der Waals surface area (Å²) >= 11 is 0. The van der Waals surface area contributed by atoms with E-state index in [2.05, 4.69) is 4.74 Å². The number of nitrogens with two attached hydrogens (primary N) is 1. The van der Waals surface area contributed by atoms with Crippen LogP contribution in [0.25, 0.3) is 0 Å². The van der Waals surface area contributed by atoms with Gasteiger partial charge in [0.15, 0.2) is 0 Å². The number of alkyl halides is 3. The summed E-state index contributed by atoms with van der Waals surface area (Å²) in [5.74, 6) is 0. The second kappa shape index (κ2) is 5.88. The lowest BCUT2D eigenvalue weighted by Crippen LogP contribution is -2.26. The topological polar surface area (TPSA) is 38.5 Å². The average molecular weight is 248 g/mol. The Kier molecular flexibility index (Phi) is 4.77. The quantitative estimate of drug-likeness (QED) is 0.812. The fraction of sp³-hybridized carbons (Fsp3) is 0.455. The van der Waals surface area contributed by atoms with Gasteiger partial charge in [0, 0.05) is 18.8 Å². The van der Waals surface area contributed by atoms with Gasteiger partial charge < -0.3 is 5.73 Å². The minimum absolute atomic E-state index is 0.188. The maximum absolute atomic E-state index is 11.7. The number of anilines is 1. The van der Waals surface area contributed by atoms with E-state index in [-0.39, 0.29) is 13.2 Å². The van der Waals surface area contributed by atoms with Crippen molar-refractivity contribution in [3.05, 3.63) is 29.8 Å². The van der Waals surface area contributed by atoms with Crippen LogP contribution in [0.2, 0.25) is 0 Å². The molecule has 0 radical (unpaired) electrons. The van der Waals surface area contributed by atoms with Crippen molar-refractivity contribution >= 4 is 5.69 Å². The van der Waals surface area contributed by atoms with Gasteiger partial charge in [0.1, 0.15) is 0 Å². The van der Waals surface area contributed by atoms with E-state index in [0.29, 0.717) is 12.2 Å². The molecule has 1 aromatic rings. The van der Waals surface area contributed by atoms with Gasteiger partial charge in [0.05, 0.1) is 6.61 Å². The SMILES string of the molecule is CN(CCOC(F)(F)F)Cc1ccccc1N. The van der Waals surface area contributed by atoms with Crippen LogP contribution in [-0.4, -0.2) is 31.5 Å². The highest BCUT2D eigenvalue weighted by atomic mass is 19.4. The third-order valence-electron chi connectivity index (χ3n) is 2.23. The zero-order valence-corrected chi connectivity index (χ0v) is 9.50. The van der Waals surface area contributed by atoms with E-state index < -0.39 is 6.36 Å². The number of nitrogen functional groups attached to an aromatic ring is 1. The van der Waals surface area contributed by atoms with Gasteiger partial charge in [-0.05, 0) is 18.7 Å². The number of ether oxygens (including phenoxy) is 1. The van der Waals surface area contributed by atoms with E-state index in [9.17, 15) is 13.2 Å². The molecule has 3 nitrogen and oxygen atoms in total. The highest BCUT2D eigenvalue weighted by Gasteiger charge is 2.28. The molecule has 0 heterocycles. The number of para-hydroxylation sites is 1. The van der Waals surface area contributed by atoms with Gasteiger partial charge in [-0.1, -0.05) is 18.2 Å². The minimum Gasteiger partial charge on any atom is -0.398 e. The summed E-state index contributed by atoms with van der Waals surface area (Å²) < 4.78 is 38.9. The Hall–Kier alpha value is -1.27. The van der Waals surface area contributed by atoms with Crippen LogP contribution in [0.5, 0.6) is 0 Å². The first kappa shape index (κ1) is 13.8. The molecule has 0 amide bonds. The molecule has 1 rings (SSSR count). The van der Waals surface area contributed by atoms with Crippen LogP contribution in [0.3, 0.4) is 0 Å². The van der Waals surface area contributed by atoms with E-state index >= 15 is 0 Å². The van der Waals surface area contributed by atoms with E-state index in [0.717, 1.165) is 5.56 Å². The number of halogens is 3. The molecule has 0 spiro atoms. The monoisotopic (exact) mass is 248 g/mol. The molecule has 0 bridgehead atoms. The Labute approximate surface area is 98.0 Å². The van der Waals surface area contributed by atoms with Crippen LogP contribution in [0.15, 0.2) is 24.3 Å². The summed E-state index contributed by atoms with van der Waals surface area (Å²) in [6.45, 7) is 0.300. The van der Waals surface area contributed by atoms with Gasteiger partial charge in [0.2, 0.25) is 0 Å². The maximum atomic E-state index is 11.7. The number of benzene rings is 1. The zero-order chi connectivity index (χ0) is 12.9. The minimum atomic E-state index is -4.56. The summed E-state index contributed by atoms with van der Waals surface area (Å²) in [6, 6.07) is 7.25. The Balaban J connectivity index is 2.35. The van der Waals surface area contributed by atoms with Gasteiger partial charge in [-0.15, -0.1) is 13.2 Å². The molecular formula is C11H15F3N2O. The summed E-state index contributed by atoms with van der Waals surface area (Å²) in [7, 11) is 1.71. The fourth-order valence-corrected chi connectivity index (χ4v) is 1.37. The lowest BCUT2D eigenvalue weighted by molar-refractivity contribution is -0.324. The van der Waals surface area contributed by atoms with E-state index in [1.54, 1.807) is 18.0 Å². The Morgan fingerprint density at radius 2 is 1.94 bits per heavy atom. The predicted molar refractivity (Wildman–Crippen MR) is 59.2 cm³/mol. The Morgan fingerprint density at radius 1 is 1.29 bits per heavy atom. The third-order valence-corrected chi connectivity index (χ3v) is 2.23. The lowest BCUT2D eigenvalue weighted by atomic mass is 10.2. The van der Waals surface area contributed by atoms with Crippen LogP contribution >= 0.6 is 0 Å². The van der Waals surface area contributed by atoms with Crippen molar-refractivity contribution in [3.8, 4) is 0 Å². The third kappa shape index (κ3) is 5.55. The summed E-state index contributed by atoms with van der Waals surface area (Å²) in [5.41, 5.74) is 7.25. The van der Waals surface area contributed by atoms with E-state index in [1.807, 2.05) is 18.2 Å². The number of hydrogen-bond donors (Lipinski definition) is 1. The van der Waals surface area contributed by atoms with Crippen molar-refractivity contribution in [2.24, 2.45) is 0 Å². The maximum Gasteiger partial charge on any atom is 0.522 e. The van der Waals surface area contributed by atoms with Crippen LogP contribution in [-0.2, 0) is 11.3 Å². The highest BCUT2D eigenvalue weighted by molar-refractivity contribution is 5.46. The second-order valence-corrected chi connectivity index (χ2v) is 3.73. The molecule has 0 aliphatic carbocycles. The van der Waals surface area contributed by atoms with Crippen molar-refractivity contribution < 1.29 is 17.9 Å². The first-order valence-corrected chi connectivity index (χ1v) is 5.11. The van der Waals surface area contributed by atoms with Crippen LogP contribution in [0, 0.1) is 0 Å². The molecule has 0 aliphatic rings. The van der Waals surface area contributed by atoms with Crippen molar-refractivity contribution in [2.45, 2.75) is 12.9 Å². The Bertz CT molecular complexity index is 355. The molecule has 0 fully saturated rings. The van der Waals surface area contributed by atoms with E-state index in [4.69, 9.17) is 5.73 Å². The molecule has 2 N–H and O–H groups in total. The molecule has 0 saturated carbocycles. The normalized spacial score (nSPS) is 12.1. The van der Waals surface area contributed by atoms with Crippen molar-refractivity contribution in [1.29, 1.82) is 0 Å². The number of rotatable bonds is 5. The fourth-order valence-electron chi connectivity index (χ4n) is 1.37. The number of hydrogen-bond acceptors (Lipinski definition) is 3. The van der Waals surface area contributed by atoms with Crippen molar-refractivity contribution in [1.82, 2.24) is 4.90 Å². The number of nitrogens with zero attached hydrogens (tertiary/aromatic N) is 1. The first-order chi connectivity index (χ1) is 7.88. The van der Waals surface area contributed by atoms with Crippen LogP contribution < -0.4 is 5.73 Å². The summed E-state index contributed by atoms with van der Waals surface area (Å²) in [6.07, 6.45) is -4.56. The Morgan fingerprint density at radius 3 is 2.53 bits per heavy atom. The molecule has 0 aromatic heterocycles. The van der Waals surface area contributed by atoms with Crippen LogP contribution in [0.4, 0.5) is 18.9 Å². The van der Waals surface area contributed by atoms with Gasteiger partial charge in [-0.2, -0.15) is 0 Å². The standard InChI is InChI=1S/C11H15F3N2O/c1-16(6-7-17-11(12,13)14)8-9-4-2-3-5-10(9)15/h2-5H,6-8,15H2,1H3. The van der Waals surface area contributed by atoms with Crippen LogP contribution in [0.1, 0.15) is 5.56 Å².